The first-order valence-corrected chi connectivity index (χ1v) is 11.5. The first-order valence-electron chi connectivity index (χ1n) is 11.5. The van der Waals surface area contributed by atoms with Crippen molar-refractivity contribution in [2.24, 2.45) is 0 Å². The lowest BCUT2D eigenvalue weighted by atomic mass is 9.96. The van der Waals surface area contributed by atoms with E-state index in [1.807, 2.05) is 45.0 Å². The molecule has 0 atom stereocenters. The van der Waals surface area contributed by atoms with Gasteiger partial charge >= 0.3 is 0 Å². The summed E-state index contributed by atoms with van der Waals surface area (Å²) in [5.41, 5.74) is 1.07. The van der Waals surface area contributed by atoms with Crippen molar-refractivity contribution in [2.45, 2.75) is 64.0 Å². The summed E-state index contributed by atoms with van der Waals surface area (Å²) < 4.78 is 5.50. The molecule has 2 aliphatic heterocycles. The summed E-state index contributed by atoms with van der Waals surface area (Å²) in [7, 11) is 2.20. The average Bonchev–Trinajstić information content (AvgIpc) is 3.26. The van der Waals surface area contributed by atoms with Crippen LogP contribution in [0.2, 0.25) is 0 Å². The number of carbonyl (C=O) groups is 1. The van der Waals surface area contributed by atoms with Crippen LogP contribution in [0.15, 0.2) is 28.8 Å². The third kappa shape index (κ3) is 5.15. The van der Waals surface area contributed by atoms with Gasteiger partial charge in [0, 0.05) is 30.6 Å². The Bertz CT molecular complexity index is 887. The summed E-state index contributed by atoms with van der Waals surface area (Å²) in [6.45, 7) is 10.6. The van der Waals surface area contributed by atoms with Crippen LogP contribution in [0.25, 0.3) is 11.5 Å². The molecule has 2 fully saturated rings. The standard InChI is InChI=1S/C24H35N5O2/c1-24(2,3)23-26-22(31-27-23)20-8-6-5-7-19(20)21(30)25-17-9-15-29(16-10-17)18-11-13-28(4)14-12-18/h5-8,17-18H,9-16H2,1-4H3,(H,25,30). The number of rotatable bonds is 4. The number of hydrogen-bond acceptors (Lipinski definition) is 6. The van der Waals surface area contributed by atoms with Crippen molar-refractivity contribution in [1.82, 2.24) is 25.3 Å². The molecule has 1 aromatic heterocycles. The maximum atomic E-state index is 13.1. The van der Waals surface area contributed by atoms with E-state index in [4.69, 9.17) is 4.52 Å². The van der Waals surface area contributed by atoms with Gasteiger partial charge < -0.3 is 19.6 Å². The number of carbonyl (C=O) groups excluding carboxylic acids is 1. The zero-order valence-corrected chi connectivity index (χ0v) is 19.2. The molecule has 7 nitrogen and oxygen atoms in total. The molecule has 4 rings (SSSR count). The van der Waals surface area contributed by atoms with E-state index in [2.05, 4.69) is 32.3 Å². The number of aromatic nitrogens is 2. The van der Waals surface area contributed by atoms with Gasteiger partial charge in [0.2, 0.25) is 0 Å². The molecule has 168 valence electrons. The van der Waals surface area contributed by atoms with Gasteiger partial charge in [0.05, 0.1) is 11.1 Å². The van der Waals surface area contributed by atoms with Gasteiger partial charge in [-0.25, -0.2) is 0 Å². The van der Waals surface area contributed by atoms with Crippen molar-refractivity contribution in [1.29, 1.82) is 0 Å². The number of piperidine rings is 2. The molecule has 0 saturated carbocycles. The van der Waals surface area contributed by atoms with Crippen molar-refractivity contribution in [3.63, 3.8) is 0 Å². The number of amides is 1. The Kier molecular flexibility index (Phi) is 6.44. The SMILES string of the molecule is CN1CCC(N2CCC(NC(=O)c3ccccc3-c3nc(C(C)(C)C)no3)CC2)CC1. The van der Waals surface area contributed by atoms with Crippen molar-refractivity contribution in [2.75, 3.05) is 33.2 Å². The second-order valence-corrected chi connectivity index (χ2v) is 10.0. The smallest absolute Gasteiger partial charge is 0.258 e. The van der Waals surface area contributed by atoms with E-state index < -0.39 is 0 Å². The quantitative estimate of drug-likeness (QED) is 0.810. The van der Waals surface area contributed by atoms with Gasteiger partial charge in [-0.2, -0.15) is 4.98 Å². The van der Waals surface area contributed by atoms with Crippen LogP contribution in [-0.4, -0.2) is 71.2 Å². The van der Waals surface area contributed by atoms with Crippen molar-refractivity contribution >= 4 is 5.91 Å². The van der Waals surface area contributed by atoms with Crippen LogP contribution < -0.4 is 5.32 Å². The molecular formula is C24H35N5O2. The predicted molar refractivity (Wildman–Crippen MR) is 121 cm³/mol. The molecule has 0 radical (unpaired) electrons. The van der Waals surface area contributed by atoms with E-state index in [1.54, 1.807) is 0 Å². The fourth-order valence-electron chi connectivity index (χ4n) is 4.54. The van der Waals surface area contributed by atoms with E-state index in [0.29, 0.717) is 28.9 Å². The van der Waals surface area contributed by atoms with Crippen LogP contribution in [0.1, 0.15) is 62.6 Å². The number of likely N-dealkylation sites (tertiary alicyclic amines) is 2. The molecule has 7 heteroatoms. The molecule has 31 heavy (non-hydrogen) atoms. The Morgan fingerprint density at radius 2 is 1.74 bits per heavy atom. The maximum Gasteiger partial charge on any atom is 0.258 e. The number of hydrogen-bond donors (Lipinski definition) is 1. The van der Waals surface area contributed by atoms with Crippen molar-refractivity contribution in [3.8, 4) is 11.5 Å². The Balaban J connectivity index is 1.38. The summed E-state index contributed by atoms with van der Waals surface area (Å²) in [5.74, 6) is 0.968. The van der Waals surface area contributed by atoms with E-state index >= 15 is 0 Å². The van der Waals surface area contributed by atoms with E-state index in [-0.39, 0.29) is 17.4 Å². The third-order valence-corrected chi connectivity index (χ3v) is 6.57. The molecule has 2 saturated heterocycles. The molecule has 2 aliphatic rings. The molecule has 1 amide bonds. The molecule has 2 aromatic rings. The minimum atomic E-state index is -0.208. The Labute approximate surface area is 185 Å². The van der Waals surface area contributed by atoms with Crippen LogP contribution >= 0.6 is 0 Å². The van der Waals surface area contributed by atoms with Crippen LogP contribution in [0, 0.1) is 0 Å². The normalized spacial score (nSPS) is 20.1. The van der Waals surface area contributed by atoms with Crippen molar-refractivity contribution in [3.05, 3.63) is 35.7 Å². The van der Waals surface area contributed by atoms with Gasteiger partial charge in [-0.3, -0.25) is 4.79 Å². The molecule has 1 N–H and O–H groups in total. The zero-order valence-electron chi connectivity index (χ0n) is 19.2. The van der Waals surface area contributed by atoms with Crippen molar-refractivity contribution < 1.29 is 9.32 Å². The van der Waals surface area contributed by atoms with Crippen LogP contribution in [0.3, 0.4) is 0 Å². The zero-order chi connectivity index (χ0) is 22.0. The second-order valence-electron chi connectivity index (χ2n) is 10.0. The van der Waals surface area contributed by atoms with E-state index in [9.17, 15) is 4.79 Å². The Morgan fingerprint density at radius 3 is 2.39 bits per heavy atom. The molecule has 0 unspecified atom stereocenters. The lowest BCUT2D eigenvalue weighted by molar-refractivity contribution is 0.0807. The van der Waals surface area contributed by atoms with Crippen LogP contribution in [0.5, 0.6) is 0 Å². The molecule has 3 heterocycles. The summed E-state index contributed by atoms with van der Waals surface area (Å²) in [6, 6.07) is 8.38. The average molecular weight is 426 g/mol. The minimum absolute atomic E-state index is 0.0659. The van der Waals surface area contributed by atoms with Gasteiger partial charge in [-0.15, -0.1) is 0 Å². The highest BCUT2D eigenvalue weighted by Gasteiger charge is 2.29. The fraction of sp³-hybridized carbons (Fsp3) is 0.625. The first kappa shape index (κ1) is 22.0. The third-order valence-electron chi connectivity index (χ3n) is 6.57. The molecule has 0 aliphatic carbocycles. The lowest BCUT2D eigenvalue weighted by Crippen LogP contribution is -2.50. The Morgan fingerprint density at radius 1 is 1.06 bits per heavy atom. The van der Waals surface area contributed by atoms with Crippen LogP contribution in [-0.2, 0) is 5.41 Å². The summed E-state index contributed by atoms with van der Waals surface area (Å²) >= 11 is 0. The molecule has 0 bridgehead atoms. The van der Waals surface area contributed by atoms with E-state index in [1.165, 1.54) is 25.9 Å². The fourth-order valence-corrected chi connectivity index (χ4v) is 4.54. The highest BCUT2D eigenvalue weighted by Crippen LogP contribution is 2.27. The van der Waals surface area contributed by atoms with Gasteiger partial charge in [0.25, 0.3) is 11.8 Å². The van der Waals surface area contributed by atoms with E-state index in [0.717, 1.165) is 25.9 Å². The predicted octanol–water partition coefficient (Wildman–Crippen LogP) is 3.32. The highest BCUT2D eigenvalue weighted by molar-refractivity contribution is 6.00. The number of benzene rings is 1. The number of nitrogens with zero attached hydrogens (tertiary/aromatic N) is 4. The summed E-state index contributed by atoms with van der Waals surface area (Å²) in [5, 5.41) is 7.36. The Hall–Kier alpha value is -2.25. The monoisotopic (exact) mass is 425 g/mol. The largest absolute Gasteiger partial charge is 0.349 e. The lowest BCUT2D eigenvalue weighted by Gasteiger charge is -2.41. The topological polar surface area (TPSA) is 74.5 Å². The van der Waals surface area contributed by atoms with Gasteiger partial charge in [-0.1, -0.05) is 38.1 Å². The summed E-state index contributed by atoms with van der Waals surface area (Å²) in [4.78, 5) is 22.7. The van der Waals surface area contributed by atoms with Gasteiger partial charge in [-0.05, 0) is 58.0 Å². The highest BCUT2D eigenvalue weighted by atomic mass is 16.5. The first-order chi connectivity index (χ1) is 14.8. The van der Waals surface area contributed by atoms with Crippen LogP contribution in [0.4, 0.5) is 0 Å². The molecule has 0 spiro atoms. The number of nitrogens with one attached hydrogen (secondary N) is 1. The van der Waals surface area contributed by atoms with Gasteiger partial charge in [0.1, 0.15) is 0 Å². The second kappa shape index (κ2) is 9.09. The van der Waals surface area contributed by atoms with Gasteiger partial charge in [0.15, 0.2) is 5.82 Å². The maximum absolute atomic E-state index is 13.1. The molecular weight excluding hydrogens is 390 g/mol. The molecule has 1 aromatic carbocycles. The summed E-state index contributed by atoms with van der Waals surface area (Å²) in [6.07, 6.45) is 4.49. The minimum Gasteiger partial charge on any atom is -0.349 e.